The first-order valence-corrected chi connectivity index (χ1v) is 12.0. The Morgan fingerprint density at radius 2 is 1.68 bits per heavy atom. The van der Waals surface area contributed by atoms with Crippen LogP contribution in [0.3, 0.4) is 0 Å². The lowest BCUT2D eigenvalue weighted by Crippen LogP contribution is -2.37. The van der Waals surface area contributed by atoms with Crippen molar-refractivity contribution in [1.82, 2.24) is 5.32 Å². The van der Waals surface area contributed by atoms with E-state index in [1.54, 1.807) is 27.7 Å². The minimum Gasteiger partial charge on any atom is -0.425 e. The first kappa shape index (κ1) is 24.6. The van der Waals surface area contributed by atoms with Crippen molar-refractivity contribution in [2.75, 3.05) is 18.9 Å². The Hall–Kier alpha value is -1.40. The summed E-state index contributed by atoms with van der Waals surface area (Å²) in [4.78, 5) is 45.7. The largest absolute Gasteiger partial charge is 0.425 e. The van der Waals surface area contributed by atoms with Gasteiger partial charge in [-0.05, 0) is 18.8 Å². The van der Waals surface area contributed by atoms with Crippen molar-refractivity contribution >= 4 is 25.2 Å². The Labute approximate surface area is 167 Å². The van der Waals surface area contributed by atoms with Crippen LogP contribution in [0.4, 0.5) is 4.79 Å². The maximum absolute atomic E-state index is 12.3. The maximum atomic E-state index is 12.3. The van der Waals surface area contributed by atoms with Gasteiger partial charge in [0, 0.05) is 12.1 Å². The standard InChI is InChI=1S/C19H34NO7P/c1-13(2)17(22)26-18(14(3)4)27-19(23)20-10-16(21)12-28(24,25)11-15-8-6-5-7-9-15/h13-15,18H,5-12H2,1-4H3,(H,20,23)(H,24,25)/t18-/m1/s1. The van der Waals surface area contributed by atoms with Gasteiger partial charge in [0.05, 0.1) is 18.6 Å². The van der Waals surface area contributed by atoms with Gasteiger partial charge in [-0.1, -0.05) is 47.0 Å². The molecule has 0 heterocycles. The molecule has 2 atom stereocenters. The summed E-state index contributed by atoms with van der Waals surface area (Å²) >= 11 is 0. The summed E-state index contributed by atoms with van der Waals surface area (Å²) in [6.45, 7) is 6.38. The maximum Gasteiger partial charge on any atom is 0.410 e. The van der Waals surface area contributed by atoms with Crippen molar-refractivity contribution in [2.24, 2.45) is 17.8 Å². The van der Waals surface area contributed by atoms with E-state index in [4.69, 9.17) is 9.47 Å². The molecule has 1 saturated carbocycles. The van der Waals surface area contributed by atoms with Gasteiger partial charge in [-0.25, -0.2) is 4.79 Å². The third-order valence-electron chi connectivity index (χ3n) is 4.59. The van der Waals surface area contributed by atoms with Crippen molar-refractivity contribution < 1.29 is 33.3 Å². The van der Waals surface area contributed by atoms with E-state index < -0.39 is 44.2 Å². The highest BCUT2D eigenvalue weighted by atomic mass is 31.2. The van der Waals surface area contributed by atoms with Crippen LogP contribution >= 0.6 is 7.37 Å². The van der Waals surface area contributed by atoms with E-state index in [0.717, 1.165) is 32.1 Å². The van der Waals surface area contributed by atoms with Gasteiger partial charge in [-0.2, -0.15) is 0 Å². The number of carbonyl (C=O) groups is 3. The first-order valence-electron chi connectivity index (χ1n) is 9.97. The zero-order valence-corrected chi connectivity index (χ0v) is 18.2. The molecule has 0 spiro atoms. The zero-order chi connectivity index (χ0) is 21.3. The van der Waals surface area contributed by atoms with Crippen LogP contribution in [0.1, 0.15) is 59.8 Å². The third kappa shape index (κ3) is 9.69. The molecule has 0 saturated heterocycles. The molecule has 8 nitrogen and oxygen atoms in total. The Morgan fingerprint density at radius 3 is 2.21 bits per heavy atom. The third-order valence-corrected chi connectivity index (χ3v) is 6.53. The predicted molar refractivity (Wildman–Crippen MR) is 105 cm³/mol. The number of carbonyl (C=O) groups excluding carboxylic acids is 3. The van der Waals surface area contributed by atoms with Crippen LogP contribution in [0.15, 0.2) is 0 Å². The fourth-order valence-corrected chi connectivity index (χ4v) is 5.00. The molecular weight excluding hydrogens is 385 g/mol. The smallest absolute Gasteiger partial charge is 0.410 e. The van der Waals surface area contributed by atoms with Gasteiger partial charge in [0.25, 0.3) is 6.29 Å². The van der Waals surface area contributed by atoms with Gasteiger partial charge in [0.1, 0.15) is 0 Å². The van der Waals surface area contributed by atoms with Crippen LogP contribution in [-0.4, -0.2) is 47.9 Å². The number of alkyl carbamates (subject to hydrolysis) is 1. The second-order valence-corrected chi connectivity index (χ2v) is 10.6. The van der Waals surface area contributed by atoms with Crippen molar-refractivity contribution in [1.29, 1.82) is 0 Å². The van der Waals surface area contributed by atoms with E-state index >= 15 is 0 Å². The molecule has 162 valence electrons. The second-order valence-electron chi connectivity index (χ2n) is 8.19. The molecule has 2 N–H and O–H groups in total. The summed E-state index contributed by atoms with van der Waals surface area (Å²) < 4.78 is 22.5. The van der Waals surface area contributed by atoms with Crippen LogP contribution in [-0.2, 0) is 23.6 Å². The van der Waals surface area contributed by atoms with Crippen LogP contribution in [0.2, 0.25) is 0 Å². The molecule has 1 amide bonds. The quantitative estimate of drug-likeness (QED) is 0.317. The summed E-state index contributed by atoms with van der Waals surface area (Å²) in [5.41, 5.74) is 0. The summed E-state index contributed by atoms with van der Waals surface area (Å²) in [7, 11) is -3.56. The number of esters is 1. The number of ether oxygens (including phenoxy) is 2. The molecule has 28 heavy (non-hydrogen) atoms. The summed E-state index contributed by atoms with van der Waals surface area (Å²) in [6.07, 6.45) is 2.84. The van der Waals surface area contributed by atoms with Crippen LogP contribution in [0, 0.1) is 17.8 Å². The van der Waals surface area contributed by atoms with Crippen LogP contribution in [0.25, 0.3) is 0 Å². The molecule has 9 heteroatoms. The van der Waals surface area contributed by atoms with Crippen molar-refractivity contribution in [3.05, 3.63) is 0 Å². The van der Waals surface area contributed by atoms with E-state index in [0.29, 0.717) is 0 Å². The lowest BCUT2D eigenvalue weighted by atomic mass is 9.91. The van der Waals surface area contributed by atoms with Gasteiger partial charge in [0.15, 0.2) is 5.78 Å². The molecule has 0 bridgehead atoms. The van der Waals surface area contributed by atoms with Crippen molar-refractivity contribution in [2.45, 2.75) is 66.1 Å². The van der Waals surface area contributed by atoms with Crippen molar-refractivity contribution in [3.63, 3.8) is 0 Å². The highest BCUT2D eigenvalue weighted by Crippen LogP contribution is 2.45. The molecule has 0 radical (unpaired) electrons. The molecule has 0 aromatic heterocycles. The topological polar surface area (TPSA) is 119 Å². The molecule has 1 unspecified atom stereocenters. The highest BCUT2D eigenvalue weighted by molar-refractivity contribution is 7.59. The normalized spacial score (nSPS) is 18.4. The monoisotopic (exact) mass is 419 g/mol. The first-order chi connectivity index (χ1) is 13.0. The lowest BCUT2D eigenvalue weighted by molar-refractivity contribution is -0.178. The number of amides is 1. The van der Waals surface area contributed by atoms with Gasteiger partial charge in [0.2, 0.25) is 7.37 Å². The zero-order valence-electron chi connectivity index (χ0n) is 17.3. The van der Waals surface area contributed by atoms with E-state index in [1.165, 1.54) is 0 Å². The predicted octanol–water partition coefficient (Wildman–Crippen LogP) is 3.31. The minimum atomic E-state index is -3.56. The van der Waals surface area contributed by atoms with E-state index in [1.807, 2.05) is 0 Å². The molecule has 1 rings (SSSR count). The number of ketones is 1. The molecule has 1 aliphatic carbocycles. The molecule has 0 aromatic rings. The Balaban J connectivity index is 2.42. The number of nitrogens with one attached hydrogen (secondary N) is 1. The minimum absolute atomic E-state index is 0.157. The highest BCUT2D eigenvalue weighted by Gasteiger charge is 2.29. The average Bonchev–Trinajstić information content (AvgIpc) is 2.59. The molecule has 0 aromatic carbocycles. The van der Waals surface area contributed by atoms with Gasteiger partial charge in [-0.3, -0.25) is 14.2 Å². The number of rotatable bonds is 10. The number of hydrogen-bond acceptors (Lipinski definition) is 6. The summed E-state index contributed by atoms with van der Waals surface area (Å²) in [5.74, 6) is -1.46. The number of hydrogen-bond donors (Lipinski definition) is 2. The van der Waals surface area contributed by atoms with Crippen LogP contribution < -0.4 is 5.32 Å². The second kappa shape index (κ2) is 11.6. The fourth-order valence-electron chi connectivity index (χ4n) is 3.03. The lowest BCUT2D eigenvalue weighted by Gasteiger charge is -2.24. The van der Waals surface area contributed by atoms with Crippen LogP contribution in [0.5, 0.6) is 0 Å². The Bertz CT molecular complexity index is 585. The van der Waals surface area contributed by atoms with Gasteiger partial charge in [-0.15, -0.1) is 0 Å². The number of Topliss-reactive ketones (excluding diaryl/α,β-unsaturated/α-hetero) is 1. The fraction of sp³-hybridized carbons (Fsp3) is 0.842. The van der Waals surface area contributed by atoms with E-state index in [9.17, 15) is 23.8 Å². The summed E-state index contributed by atoms with van der Waals surface area (Å²) in [5, 5.41) is 2.26. The Kier molecular flexibility index (Phi) is 10.2. The average molecular weight is 419 g/mol. The van der Waals surface area contributed by atoms with Crippen molar-refractivity contribution in [3.8, 4) is 0 Å². The molecular formula is C19H34NO7P. The summed E-state index contributed by atoms with van der Waals surface area (Å²) in [6, 6.07) is 0. The van der Waals surface area contributed by atoms with Gasteiger partial charge >= 0.3 is 12.1 Å². The Morgan fingerprint density at radius 1 is 1.07 bits per heavy atom. The van der Waals surface area contributed by atoms with E-state index in [-0.39, 0.29) is 23.9 Å². The SMILES string of the molecule is CC(C)C(=O)O[C@H](OC(=O)NCC(=O)CP(=O)(O)CC1CCCCC1)C(C)C. The van der Waals surface area contributed by atoms with E-state index in [2.05, 4.69) is 5.32 Å². The molecule has 1 aliphatic rings. The van der Waals surface area contributed by atoms with Gasteiger partial charge < -0.3 is 19.7 Å². The molecule has 0 aliphatic heterocycles. The molecule has 1 fully saturated rings.